The van der Waals surface area contributed by atoms with Crippen LogP contribution in [0.3, 0.4) is 0 Å². The first-order valence-electron chi connectivity index (χ1n) is 9.99. The average Bonchev–Trinajstić information content (AvgIpc) is 3.49. The van der Waals surface area contributed by atoms with E-state index in [1.807, 2.05) is 6.07 Å². The third-order valence-electron chi connectivity index (χ3n) is 6.56. The Bertz CT molecular complexity index is 1060. The molecule has 1 aromatic heterocycles. The van der Waals surface area contributed by atoms with Crippen LogP contribution in [0.5, 0.6) is 0 Å². The van der Waals surface area contributed by atoms with E-state index in [0.717, 1.165) is 41.5 Å². The van der Waals surface area contributed by atoms with Crippen molar-refractivity contribution in [1.29, 1.82) is 0 Å². The Labute approximate surface area is 170 Å². The zero-order valence-electron chi connectivity index (χ0n) is 17.4. The summed E-state index contributed by atoms with van der Waals surface area (Å²) in [5.41, 5.74) is 6.25. The van der Waals surface area contributed by atoms with Crippen molar-refractivity contribution in [2.45, 2.75) is 51.7 Å². The minimum absolute atomic E-state index is 0.0278. The van der Waals surface area contributed by atoms with E-state index in [2.05, 4.69) is 49.6 Å². The smallest absolute Gasteiger partial charge is 0.335 e. The Kier molecular flexibility index (Phi) is 4.97. The lowest BCUT2D eigenvalue weighted by Gasteiger charge is -2.22. The van der Waals surface area contributed by atoms with Gasteiger partial charge in [-0.25, -0.2) is 14.6 Å². The zero-order chi connectivity index (χ0) is 20.8. The molecule has 0 aliphatic heterocycles. The normalized spacial score (nSPS) is 16.1. The van der Waals surface area contributed by atoms with E-state index in [9.17, 15) is 9.90 Å². The summed E-state index contributed by atoms with van der Waals surface area (Å²) in [6.45, 7) is 6.96. The maximum Gasteiger partial charge on any atom is 0.335 e. The van der Waals surface area contributed by atoms with E-state index in [1.54, 1.807) is 19.2 Å². The lowest BCUT2D eigenvalue weighted by Crippen LogP contribution is -2.25. The van der Waals surface area contributed by atoms with Crippen molar-refractivity contribution in [3.8, 4) is 0 Å². The van der Waals surface area contributed by atoms with Gasteiger partial charge in [0.2, 0.25) is 0 Å². The number of benzene rings is 2. The molecule has 1 N–H and O–H groups in total. The number of carbonyl (C=O) groups is 1. The topological polar surface area (TPSA) is 60.7 Å². The summed E-state index contributed by atoms with van der Waals surface area (Å²) < 4.78 is 2.26. The summed E-state index contributed by atoms with van der Waals surface area (Å²) in [7, 11) is 1.56. The molecule has 1 heterocycles. The second-order valence-electron chi connectivity index (χ2n) is 8.09. The molecule has 1 aliphatic carbocycles. The predicted molar refractivity (Wildman–Crippen MR) is 112 cm³/mol. The van der Waals surface area contributed by atoms with E-state index in [-0.39, 0.29) is 11.5 Å². The summed E-state index contributed by atoms with van der Waals surface area (Å²) in [4.78, 5) is 21.6. The molecule has 1 atom stereocenters. The van der Waals surface area contributed by atoms with Gasteiger partial charge in [-0.2, -0.15) is 0 Å². The van der Waals surface area contributed by atoms with Crippen molar-refractivity contribution in [1.82, 2.24) is 4.57 Å². The molecule has 4 rings (SSSR count). The molecular weight excluding hydrogens is 366 g/mol. The third kappa shape index (κ3) is 3.34. The van der Waals surface area contributed by atoms with Crippen LogP contribution in [0, 0.1) is 13.8 Å². The molecule has 1 fully saturated rings. The molecule has 0 radical (unpaired) electrons. The number of hydrogen-bond acceptors (Lipinski definition) is 3. The van der Waals surface area contributed by atoms with Crippen LogP contribution < -0.4 is 0 Å². The van der Waals surface area contributed by atoms with Crippen LogP contribution in [0.1, 0.15) is 52.5 Å². The molecule has 0 saturated heterocycles. The Balaban J connectivity index is 1.62. The first-order chi connectivity index (χ1) is 13.9. The van der Waals surface area contributed by atoms with Crippen LogP contribution in [0.15, 0.2) is 42.5 Å². The highest BCUT2D eigenvalue weighted by Gasteiger charge is 2.50. The number of nitrogens with zero attached hydrogens (tertiary/aromatic N) is 1. The van der Waals surface area contributed by atoms with Gasteiger partial charge in [-0.3, -0.25) is 0 Å². The third-order valence-corrected chi connectivity index (χ3v) is 6.56. The molecule has 29 heavy (non-hydrogen) atoms. The van der Waals surface area contributed by atoms with Crippen LogP contribution in [0.4, 0.5) is 0 Å². The van der Waals surface area contributed by atoms with Gasteiger partial charge >= 0.3 is 5.97 Å². The van der Waals surface area contributed by atoms with E-state index in [1.165, 1.54) is 11.1 Å². The minimum atomic E-state index is -0.895. The quantitative estimate of drug-likeness (QED) is 0.453. The van der Waals surface area contributed by atoms with Gasteiger partial charge in [0.1, 0.15) is 0 Å². The van der Waals surface area contributed by atoms with Crippen molar-refractivity contribution in [2.75, 3.05) is 7.11 Å². The second kappa shape index (κ2) is 7.32. The van der Waals surface area contributed by atoms with Crippen molar-refractivity contribution >= 4 is 16.9 Å². The average molecular weight is 393 g/mol. The van der Waals surface area contributed by atoms with Gasteiger partial charge in [0.05, 0.1) is 18.8 Å². The number of aromatic nitrogens is 1. The first-order valence-corrected chi connectivity index (χ1v) is 9.99. The van der Waals surface area contributed by atoms with E-state index < -0.39 is 5.97 Å². The maximum absolute atomic E-state index is 11.3. The highest BCUT2D eigenvalue weighted by atomic mass is 17.2. The number of aryl methyl sites for hydroxylation is 1. The van der Waals surface area contributed by atoms with Gasteiger partial charge in [-0.05, 0) is 68.5 Å². The van der Waals surface area contributed by atoms with Gasteiger partial charge in [-0.15, -0.1) is 0 Å². The van der Waals surface area contributed by atoms with Crippen LogP contribution >= 0.6 is 0 Å². The number of carboxylic acid groups (broad SMARTS) is 1. The Hall–Kier alpha value is -2.63. The molecule has 0 spiro atoms. The van der Waals surface area contributed by atoms with E-state index in [0.29, 0.717) is 5.56 Å². The Morgan fingerprint density at radius 2 is 1.86 bits per heavy atom. The van der Waals surface area contributed by atoms with Crippen molar-refractivity contribution < 1.29 is 19.7 Å². The van der Waals surface area contributed by atoms with Gasteiger partial charge in [-0.1, -0.05) is 24.3 Å². The standard InChI is InChI=1S/C24H27NO4/c1-15-16(2)25(22-10-7-19(23(26)27)13-21(15)22)14-18-5-8-20(9-6-18)24(11-12-24)17(3)29-28-4/h5-10,13,17H,11-12,14H2,1-4H3,(H,26,27). The Morgan fingerprint density at radius 1 is 1.17 bits per heavy atom. The molecule has 1 aliphatic rings. The largest absolute Gasteiger partial charge is 0.478 e. The van der Waals surface area contributed by atoms with Crippen molar-refractivity contribution in [3.05, 3.63) is 70.4 Å². The molecule has 2 aromatic carbocycles. The molecular formula is C24H27NO4. The number of hydrogen-bond donors (Lipinski definition) is 1. The lowest BCUT2D eigenvalue weighted by molar-refractivity contribution is -0.307. The number of fused-ring (bicyclic) bond motifs is 1. The second-order valence-corrected chi connectivity index (χ2v) is 8.09. The van der Waals surface area contributed by atoms with Crippen LogP contribution in [0.25, 0.3) is 10.9 Å². The molecule has 0 amide bonds. The fourth-order valence-electron chi connectivity index (χ4n) is 4.41. The van der Waals surface area contributed by atoms with Gasteiger partial charge in [0.25, 0.3) is 0 Å². The fraction of sp³-hybridized carbons (Fsp3) is 0.375. The monoisotopic (exact) mass is 393 g/mol. The van der Waals surface area contributed by atoms with Gasteiger partial charge < -0.3 is 9.67 Å². The SMILES string of the molecule is COOC(C)C1(c2ccc(Cn3c(C)c(C)c4cc(C(=O)O)ccc43)cc2)CC1. The van der Waals surface area contributed by atoms with Crippen molar-refractivity contribution in [3.63, 3.8) is 0 Å². The highest BCUT2D eigenvalue weighted by Crippen LogP contribution is 2.52. The van der Waals surface area contributed by atoms with Crippen LogP contribution in [-0.4, -0.2) is 28.9 Å². The molecule has 1 saturated carbocycles. The van der Waals surface area contributed by atoms with Crippen LogP contribution in [-0.2, 0) is 21.7 Å². The van der Waals surface area contributed by atoms with E-state index in [4.69, 9.17) is 9.78 Å². The first kappa shape index (κ1) is 19.7. The van der Waals surface area contributed by atoms with Crippen molar-refractivity contribution in [2.24, 2.45) is 0 Å². The predicted octanol–water partition coefficient (Wildman–Crippen LogP) is 5.00. The molecule has 0 bridgehead atoms. The molecule has 5 nitrogen and oxygen atoms in total. The summed E-state index contributed by atoms with van der Waals surface area (Å²) in [6, 6.07) is 14.1. The minimum Gasteiger partial charge on any atom is -0.478 e. The molecule has 1 unspecified atom stereocenters. The number of rotatable bonds is 7. The maximum atomic E-state index is 11.3. The Morgan fingerprint density at radius 3 is 2.45 bits per heavy atom. The molecule has 3 aromatic rings. The number of aromatic carboxylic acids is 1. The van der Waals surface area contributed by atoms with Gasteiger partial charge in [0, 0.05) is 28.6 Å². The van der Waals surface area contributed by atoms with Gasteiger partial charge in [0.15, 0.2) is 0 Å². The summed E-state index contributed by atoms with van der Waals surface area (Å²) >= 11 is 0. The molecule has 152 valence electrons. The fourth-order valence-corrected chi connectivity index (χ4v) is 4.41. The lowest BCUT2D eigenvalue weighted by atomic mass is 9.90. The van der Waals surface area contributed by atoms with E-state index >= 15 is 0 Å². The molecule has 5 heteroatoms. The number of carboxylic acids is 1. The summed E-state index contributed by atoms with van der Waals surface area (Å²) in [5.74, 6) is -0.895. The van der Waals surface area contributed by atoms with Crippen LogP contribution in [0.2, 0.25) is 0 Å². The zero-order valence-corrected chi connectivity index (χ0v) is 17.4. The summed E-state index contributed by atoms with van der Waals surface area (Å²) in [6.07, 6.45) is 2.26. The summed E-state index contributed by atoms with van der Waals surface area (Å²) in [5, 5.41) is 10.3. The highest BCUT2D eigenvalue weighted by molar-refractivity contribution is 5.95.